The van der Waals surface area contributed by atoms with Crippen LogP contribution >= 0.6 is 11.3 Å². The van der Waals surface area contributed by atoms with Crippen LogP contribution in [0.4, 0.5) is 0 Å². The molecule has 0 radical (unpaired) electrons. The maximum absolute atomic E-state index is 12.9. The first-order valence-electron chi connectivity index (χ1n) is 12.7. The van der Waals surface area contributed by atoms with Crippen molar-refractivity contribution in [1.29, 1.82) is 5.41 Å². The number of nitrogens with two attached hydrogens (primary N) is 1. The van der Waals surface area contributed by atoms with E-state index in [2.05, 4.69) is 10.6 Å². The van der Waals surface area contributed by atoms with Crippen LogP contribution < -0.4 is 21.1 Å². The number of thiophene rings is 1. The predicted octanol–water partition coefficient (Wildman–Crippen LogP) is 3.34. The molecule has 1 aromatic heterocycles. The molecular formula is C27H39N5O4S. The number of hydrogen-bond acceptors (Lipinski definition) is 6. The molecule has 0 saturated carbocycles. The van der Waals surface area contributed by atoms with Crippen molar-refractivity contribution in [1.82, 2.24) is 15.5 Å². The summed E-state index contributed by atoms with van der Waals surface area (Å²) in [5.74, 6) is 0.0435. The molecular weight excluding hydrogens is 490 g/mol. The lowest BCUT2D eigenvalue weighted by Crippen LogP contribution is -2.51. The summed E-state index contributed by atoms with van der Waals surface area (Å²) in [7, 11) is 0. The molecule has 3 amide bonds. The van der Waals surface area contributed by atoms with Gasteiger partial charge in [-0.15, -0.1) is 11.3 Å². The number of nitrogen functional groups attached to an aromatic ring is 1. The second kappa shape index (κ2) is 15.0. The third kappa shape index (κ3) is 8.89. The number of amides is 3. The molecule has 3 rings (SSSR count). The van der Waals surface area contributed by atoms with Crippen LogP contribution in [0.5, 0.6) is 5.75 Å². The van der Waals surface area contributed by atoms with Gasteiger partial charge in [-0.2, -0.15) is 0 Å². The van der Waals surface area contributed by atoms with Gasteiger partial charge in [0.15, 0.2) is 0 Å². The number of likely N-dealkylation sites (tertiary alicyclic amines) is 1. The Morgan fingerprint density at radius 3 is 2.51 bits per heavy atom. The Morgan fingerprint density at radius 2 is 1.86 bits per heavy atom. The number of para-hydroxylation sites is 1. The molecule has 5 N–H and O–H groups in total. The Labute approximate surface area is 223 Å². The molecule has 1 saturated heterocycles. The van der Waals surface area contributed by atoms with Gasteiger partial charge < -0.3 is 26.0 Å². The van der Waals surface area contributed by atoms with E-state index in [1.165, 1.54) is 11.3 Å². The van der Waals surface area contributed by atoms with Gasteiger partial charge >= 0.3 is 0 Å². The Kier molecular flexibility index (Phi) is 12.1. The Bertz CT molecular complexity index is 1060. The molecule has 202 valence electrons. The van der Waals surface area contributed by atoms with Crippen molar-refractivity contribution in [3.63, 3.8) is 0 Å². The number of hydrogen-bond donors (Lipinski definition) is 4. The van der Waals surface area contributed by atoms with Gasteiger partial charge in [0, 0.05) is 27.8 Å². The van der Waals surface area contributed by atoms with E-state index >= 15 is 0 Å². The molecule has 10 heteroatoms. The molecule has 0 aliphatic carbocycles. The van der Waals surface area contributed by atoms with E-state index in [9.17, 15) is 14.4 Å². The minimum Gasteiger partial charge on any atom is -0.494 e. The van der Waals surface area contributed by atoms with Crippen LogP contribution in [-0.2, 0) is 20.9 Å². The summed E-state index contributed by atoms with van der Waals surface area (Å²) in [5.41, 5.74) is 6.25. The summed E-state index contributed by atoms with van der Waals surface area (Å²) in [6.45, 7) is 8.38. The SMILES string of the molecule is CC.Cc1sc(CNC(=O)C2CCC(C)N2C(=O)CNC(=O)CCCOc2ccccc2)cc1C(=N)N. The lowest BCUT2D eigenvalue weighted by molar-refractivity contribution is -0.140. The maximum atomic E-state index is 12.9. The molecule has 2 heterocycles. The number of ether oxygens (including phenoxy) is 1. The molecule has 1 aliphatic rings. The van der Waals surface area contributed by atoms with Crippen molar-refractivity contribution in [3.8, 4) is 5.75 Å². The molecule has 0 spiro atoms. The number of benzene rings is 1. The highest BCUT2D eigenvalue weighted by Crippen LogP contribution is 2.25. The minimum absolute atomic E-state index is 0.00323. The predicted molar refractivity (Wildman–Crippen MR) is 147 cm³/mol. The molecule has 1 fully saturated rings. The van der Waals surface area contributed by atoms with E-state index in [4.69, 9.17) is 15.9 Å². The van der Waals surface area contributed by atoms with Gasteiger partial charge in [-0.25, -0.2) is 0 Å². The van der Waals surface area contributed by atoms with E-state index in [0.717, 1.165) is 21.9 Å². The molecule has 0 bridgehead atoms. The van der Waals surface area contributed by atoms with Gasteiger partial charge in [-0.05, 0) is 51.3 Å². The van der Waals surface area contributed by atoms with Gasteiger partial charge in [0.25, 0.3) is 0 Å². The van der Waals surface area contributed by atoms with Crippen LogP contribution in [0.1, 0.15) is 61.8 Å². The Hall–Kier alpha value is -3.40. The van der Waals surface area contributed by atoms with Crippen molar-refractivity contribution in [2.45, 2.75) is 72.0 Å². The van der Waals surface area contributed by atoms with E-state index in [0.29, 0.717) is 31.6 Å². The molecule has 2 unspecified atom stereocenters. The van der Waals surface area contributed by atoms with Crippen LogP contribution in [-0.4, -0.2) is 53.7 Å². The van der Waals surface area contributed by atoms with Crippen LogP contribution in [0.25, 0.3) is 0 Å². The standard InChI is InChI=1S/C25H33N5O4S.C2H6/c1-16-10-11-21(25(33)29-14-19-13-20(24(26)27)17(2)35-19)30(16)23(32)15-28-22(31)9-6-12-34-18-7-4-3-5-8-18;1-2/h3-5,7-8,13,16,21H,6,9-12,14-15H2,1-2H3,(H3,26,27)(H,28,31)(H,29,33);1-2H3. The first-order valence-corrected chi connectivity index (χ1v) is 13.5. The summed E-state index contributed by atoms with van der Waals surface area (Å²) in [5, 5.41) is 13.2. The molecule has 1 aliphatic heterocycles. The smallest absolute Gasteiger partial charge is 0.243 e. The third-order valence-electron chi connectivity index (χ3n) is 5.95. The second-order valence-corrected chi connectivity index (χ2v) is 9.94. The Morgan fingerprint density at radius 1 is 1.16 bits per heavy atom. The second-order valence-electron chi connectivity index (χ2n) is 8.60. The fourth-order valence-electron chi connectivity index (χ4n) is 4.15. The highest BCUT2D eigenvalue weighted by molar-refractivity contribution is 7.12. The van der Waals surface area contributed by atoms with Crippen LogP contribution in [0.2, 0.25) is 0 Å². The lowest BCUT2D eigenvalue weighted by Gasteiger charge is -2.28. The molecule has 2 aromatic rings. The lowest BCUT2D eigenvalue weighted by atomic mass is 10.2. The number of rotatable bonds is 11. The van der Waals surface area contributed by atoms with Crippen LogP contribution in [0.15, 0.2) is 36.4 Å². The molecule has 1 aromatic carbocycles. The summed E-state index contributed by atoms with van der Waals surface area (Å²) < 4.78 is 5.58. The highest BCUT2D eigenvalue weighted by atomic mass is 32.1. The van der Waals surface area contributed by atoms with E-state index in [-0.39, 0.29) is 42.6 Å². The first kappa shape index (κ1) is 29.8. The van der Waals surface area contributed by atoms with Crippen molar-refractivity contribution in [3.05, 3.63) is 51.7 Å². The van der Waals surface area contributed by atoms with E-state index in [1.807, 2.05) is 64.1 Å². The van der Waals surface area contributed by atoms with Crippen molar-refractivity contribution < 1.29 is 19.1 Å². The van der Waals surface area contributed by atoms with Crippen LogP contribution in [0, 0.1) is 12.3 Å². The minimum atomic E-state index is -0.568. The zero-order valence-electron chi connectivity index (χ0n) is 22.1. The number of amidine groups is 1. The summed E-state index contributed by atoms with van der Waals surface area (Å²) >= 11 is 1.48. The van der Waals surface area contributed by atoms with Gasteiger partial charge in [0.2, 0.25) is 17.7 Å². The van der Waals surface area contributed by atoms with Crippen molar-refractivity contribution in [2.75, 3.05) is 13.2 Å². The van der Waals surface area contributed by atoms with Gasteiger partial charge in [-0.1, -0.05) is 32.0 Å². The van der Waals surface area contributed by atoms with Crippen LogP contribution in [0.3, 0.4) is 0 Å². The number of nitrogens with zero attached hydrogens (tertiary/aromatic N) is 1. The van der Waals surface area contributed by atoms with Gasteiger partial charge in [0.1, 0.15) is 17.6 Å². The maximum Gasteiger partial charge on any atom is 0.243 e. The zero-order chi connectivity index (χ0) is 27.4. The molecule has 2 atom stereocenters. The third-order valence-corrected chi connectivity index (χ3v) is 7.00. The highest BCUT2D eigenvalue weighted by Gasteiger charge is 2.38. The summed E-state index contributed by atoms with van der Waals surface area (Å²) in [6.07, 6.45) is 2.09. The molecule has 9 nitrogen and oxygen atoms in total. The van der Waals surface area contributed by atoms with Crippen molar-refractivity contribution in [2.24, 2.45) is 5.73 Å². The molecule has 37 heavy (non-hydrogen) atoms. The summed E-state index contributed by atoms with van der Waals surface area (Å²) in [4.78, 5) is 41.3. The Balaban J connectivity index is 0.00000235. The number of aryl methyl sites for hydroxylation is 1. The van der Waals surface area contributed by atoms with E-state index < -0.39 is 6.04 Å². The average Bonchev–Trinajstić information content (AvgIpc) is 3.48. The normalized spacial score (nSPS) is 16.4. The zero-order valence-corrected chi connectivity index (χ0v) is 23.0. The topological polar surface area (TPSA) is 138 Å². The van der Waals surface area contributed by atoms with Gasteiger partial charge in [-0.3, -0.25) is 19.8 Å². The average molecular weight is 530 g/mol. The fourth-order valence-corrected chi connectivity index (χ4v) is 5.14. The fraction of sp³-hybridized carbons (Fsp3) is 0.481. The van der Waals surface area contributed by atoms with Crippen molar-refractivity contribution >= 4 is 34.9 Å². The summed E-state index contributed by atoms with van der Waals surface area (Å²) in [6, 6.07) is 10.5. The monoisotopic (exact) mass is 529 g/mol. The first-order chi connectivity index (χ1) is 17.8. The number of nitrogens with one attached hydrogen (secondary N) is 3. The van der Waals surface area contributed by atoms with E-state index in [1.54, 1.807) is 4.90 Å². The number of carbonyl (C=O) groups excluding carboxylic acids is 3. The quantitative estimate of drug-likeness (QED) is 0.201. The number of carbonyl (C=O) groups is 3. The van der Waals surface area contributed by atoms with Gasteiger partial charge in [0.05, 0.1) is 19.7 Å². The largest absolute Gasteiger partial charge is 0.494 e.